The van der Waals surface area contributed by atoms with Crippen LogP contribution in [0.2, 0.25) is 0 Å². The molecule has 0 atom stereocenters. The van der Waals surface area contributed by atoms with Crippen molar-refractivity contribution in [3.8, 4) is 22.6 Å². The number of carbonyl (C=O) groups is 1. The first-order valence-corrected chi connectivity index (χ1v) is 9.43. The standard InChI is InChI=1S/C25H26O3/c1-18-10-15-23(22(16-18)25(2,3)4)27-17-24(26)28-21-13-11-20(12-14-21)19-8-6-5-7-9-19/h5-16H,17H2,1-4H3. The molecule has 3 heteroatoms. The summed E-state index contributed by atoms with van der Waals surface area (Å²) in [5.74, 6) is 0.801. The summed E-state index contributed by atoms with van der Waals surface area (Å²) >= 11 is 0. The van der Waals surface area contributed by atoms with E-state index in [1.807, 2.05) is 61.5 Å². The van der Waals surface area contributed by atoms with E-state index in [9.17, 15) is 4.79 Å². The van der Waals surface area contributed by atoms with Gasteiger partial charge in [0.1, 0.15) is 11.5 Å². The first kappa shape index (κ1) is 19.7. The second-order valence-corrected chi connectivity index (χ2v) is 7.90. The molecule has 0 fully saturated rings. The highest BCUT2D eigenvalue weighted by atomic mass is 16.6. The summed E-state index contributed by atoms with van der Waals surface area (Å²) in [5, 5.41) is 0. The lowest BCUT2D eigenvalue weighted by Gasteiger charge is -2.23. The zero-order valence-electron chi connectivity index (χ0n) is 16.9. The third kappa shape index (κ3) is 5.01. The van der Waals surface area contributed by atoms with Gasteiger partial charge in [-0.15, -0.1) is 0 Å². The molecule has 0 heterocycles. The molecule has 0 amide bonds. The van der Waals surface area contributed by atoms with Gasteiger partial charge in [-0.1, -0.05) is 80.9 Å². The molecule has 3 aromatic carbocycles. The van der Waals surface area contributed by atoms with Crippen LogP contribution in [0.15, 0.2) is 72.8 Å². The second-order valence-electron chi connectivity index (χ2n) is 7.90. The molecular weight excluding hydrogens is 348 g/mol. The van der Waals surface area contributed by atoms with Crippen LogP contribution in [0.4, 0.5) is 0 Å². The third-order valence-electron chi connectivity index (χ3n) is 4.48. The van der Waals surface area contributed by atoms with Crippen molar-refractivity contribution >= 4 is 5.97 Å². The van der Waals surface area contributed by atoms with Gasteiger partial charge in [-0.25, -0.2) is 4.79 Å². The molecule has 0 radical (unpaired) electrons. The van der Waals surface area contributed by atoms with Crippen molar-refractivity contribution in [1.29, 1.82) is 0 Å². The smallest absolute Gasteiger partial charge is 0.349 e. The highest BCUT2D eigenvalue weighted by molar-refractivity contribution is 5.74. The van der Waals surface area contributed by atoms with Crippen molar-refractivity contribution in [3.63, 3.8) is 0 Å². The SMILES string of the molecule is Cc1ccc(OCC(=O)Oc2ccc(-c3ccccc3)cc2)c(C(C)(C)C)c1. The van der Waals surface area contributed by atoms with E-state index in [1.165, 1.54) is 5.56 Å². The minimum absolute atomic E-state index is 0.0709. The highest BCUT2D eigenvalue weighted by Crippen LogP contribution is 2.32. The average molecular weight is 374 g/mol. The maximum Gasteiger partial charge on any atom is 0.349 e. The Bertz CT molecular complexity index is 936. The largest absolute Gasteiger partial charge is 0.482 e. The Morgan fingerprint density at radius 3 is 2.14 bits per heavy atom. The molecule has 0 aliphatic heterocycles. The lowest BCUT2D eigenvalue weighted by molar-refractivity contribution is -0.136. The summed E-state index contributed by atoms with van der Waals surface area (Å²) in [6, 6.07) is 23.5. The highest BCUT2D eigenvalue weighted by Gasteiger charge is 2.20. The zero-order chi connectivity index (χ0) is 20.1. The molecule has 0 unspecified atom stereocenters. The Morgan fingerprint density at radius 1 is 0.857 bits per heavy atom. The molecule has 0 bridgehead atoms. The Balaban J connectivity index is 1.62. The van der Waals surface area contributed by atoms with E-state index < -0.39 is 5.97 Å². The van der Waals surface area contributed by atoms with Gasteiger partial charge in [-0.3, -0.25) is 0 Å². The quantitative estimate of drug-likeness (QED) is 0.409. The fourth-order valence-corrected chi connectivity index (χ4v) is 3.00. The van der Waals surface area contributed by atoms with Crippen LogP contribution in [-0.4, -0.2) is 12.6 Å². The summed E-state index contributed by atoms with van der Waals surface area (Å²) in [6.45, 7) is 8.29. The van der Waals surface area contributed by atoms with Crippen LogP contribution in [0.3, 0.4) is 0 Å². The Hall–Kier alpha value is -3.07. The van der Waals surface area contributed by atoms with E-state index in [2.05, 4.69) is 26.8 Å². The number of esters is 1. The fourth-order valence-electron chi connectivity index (χ4n) is 3.00. The van der Waals surface area contributed by atoms with Gasteiger partial charge in [0.2, 0.25) is 0 Å². The molecular formula is C25H26O3. The number of carbonyl (C=O) groups excluding carboxylic acids is 1. The first-order chi connectivity index (χ1) is 13.3. The van der Waals surface area contributed by atoms with Crippen LogP contribution in [0, 0.1) is 6.92 Å². The van der Waals surface area contributed by atoms with Crippen molar-refractivity contribution in [2.45, 2.75) is 33.1 Å². The van der Waals surface area contributed by atoms with Gasteiger partial charge in [0.15, 0.2) is 6.61 Å². The number of rotatable bonds is 5. The molecule has 0 aliphatic carbocycles. The molecule has 144 valence electrons. The van der Waals surface area contributed by atoms with Gasteiger partial charge >= 0.3 is 5.97 Å². The summed E-state index contributed by atoms with van der Waals surface area (Å²) in [7, 11) is 0. The monoisotopic (exact) mass is 374 g/mol. The number of benzene rings is 3. The van der Waals surface area contributed by atoms with E-state index in [0.717, 1.165) is 22.4 Å². The van der Waals surface area contributed by atoms with Gasteiger partial charge in [-0.2, -0.15) is 0 Å². The van der Waals surface area contributed by atoms with E-state index >= 15 is 0 Å². The van der Waals surface area contributed by atoms with Gasteiger partial charge in [-0.05, 0) is 47.2 Å². The van der Waals surface area contributed by atoms with Gasteiger partial charge < -0.3 is 9.47 Å². The maximum absolute atomic E-state index is 12.2. The predicted molar refractivity (Wildman–Crippen MR) is 113 cm³/mol. The topological polar surface area (TPSA) is 35.5 Å². The minimum Gasteiger partial charge on any atom is -0.482 e. The Kier molecular flexibility index (Phi) is 5.84. The van der Waals surface area contributed by atoms with E-state index in [1.54, 1.807) is 12.1 Å². The second kappa shape index (κ2) is 8.30. The van der Waals surface area contributed by atoms with Crippen LogP contribution in [-0.2, 0) is 10.2 Å². The molecule has 0 saturated carbocycles. The van der Waals surface area contributed by atoms with Crippen LogP contribution in [0.1, 0.15) is 31.9 Å². The van der Waals surface area contributed by atoms with Crippen molar-refractivity contribution in [1.82, 2.24) is 0 Å². The van der Waals surface area contributed by atoms with Crippen molar-refractivity contribution in [2.24, 2.45) is 0 Å². The lowest BCUT2D eigenvalue weighted by Crippen LogP contribution is -2.20. The summed E-state index contributed by atoms with van der Waals surface area (Å²) in [5.41, 5.74) is 4.37. The number of ether oxygens (including phenoxy) is 2. The van der Waals surface area contributed by atoms with Crippen molar-refractivity contribution < 1.29 is 14.3 Å². The van der Waals surface area contributed by atoms with Gasteiger partial charge in [0.05, 0.1) is 0 Å². The minimum atomic E-state index is -0.423. The van der Waals surface area contributed by atoms with Crippen LogP contribution in [0.25, 0.3) is 11.1 Å². The molecule has 0 aromatic heterocycles. The molecule has 28 heavy (non-hydrogen) atoms. The molecule has 3 rings (SSSR count). The number of hydrogen-bond donors (Lipinski definition) is 0. The lowest BCUT2D eigenvalue weighted by atomic mass is 9.85. The average Bonchev–Trinajstić information content (AvgIpc) is 2.67. The maximum atomic E-state index is 12.2. The van der Waals surface area contributed by atoms with Crippen LogP contribution in [0.5, 0.6) is 11.5 Å². The van der Waals surface area contributed by atoms with Crippen molar-refractivity contribution in [3.05, 3.63) is 83.9 Å². The van der Waals surface area contributed by atoms with Gasteiger partial charge in [0.25, 0.3) is 0 Å². The Morgan fingerprint density at radius 2 is 1.50 bits per heavy atom. The molecule has 0 saturated heterocycles. The fraction of sp³-hybridized carbons (Fsp3) is 0.240. The molecule has 3 nitrogen and oxygen atoms in total. The molecule has 0 aliphatic rings. The summed E-state index contributed by atoms with van der Waals surface area (Å²) < 4.78 is 11.2. The number of aryl methyl sites for hydroxylation is 1. The van der Waals surface area contributed by atoms with Gasteiger partial charge in [0, 0.05) is 0 Å². The molecule has 0 spiro atoms. The first-order valence-electron chi connectivity index (χ1n) is 9.43. The Labute approximate surface area is 166 Å². The van der Waals surface area contributed by atoms with E-state index in [-0.39, 0.29) is 12.0 Å². The predicted octanol–water partition coefficient (Wildman–Crippen LogP) is 5.94. The summed E-state index contributed by atoms with van der Waals surface area (Å²) in [4.78, 5) is 12.2. The van der Waals surface area contributed by atoms with Crippen LogP contribution < -0.4 is 9.47 Å². The molecule has 0 N–H and O–H groups in total. The molecule has 3 aromatic rings. The third-order valence-corrected chi connectivity index (χ3v) is 4.48. The summed E-state index contributed by atoms with van der Waals surface area (Å²) in [6.07, 6.45) is 0. The van der Waals surface area contributed by atoms with E-state index in [0.29, 0.717) is 5.75 Å². The zero-order valence-corrected chi connectivity index (χ0v) is 16.9. The van der Waals surface area contributed by atoms with E-state index in [4.69, 9.17) is 9.47 Å². The normalized spacial score (nSPS) is 11.1. The van der Waals surface area contributed by atoms with Crippen molar-refractivity contribution in [2.75, 3.05) is 6.61 Å². The van der Waals surface area contributed by atoms with Crippen LogP contribution >= 0.6 is 0 Å². The number of hydrogen-bond acceptors (Lipinski definition) is 3.